The van der Waals surface area contributed by atoms with Gasteiger partial charge in [0.05, 0.1) is 25.4 Å². The molecule has 9 heteroatoms. The van der Waals surface area contributed by atoms with Crippen LogP contribution in [0.15, 0.2) is 48.6 Å². The highest BCUT2D eigenvalue weighted by Crippen LogP contribution is 2.24. The third kappa shape index (κ3) is 53.9. The second-order valence-electron chi connectivity index (χ2n) is 26.4. The number of ether oxygens (including phenoxy) is 2. The fourth-order valence-electron chi connectivity index (χ4n) is 12.2. The minimum Gasteiger partial charge on any atom is -0.394 e. The van der Waals surface area contributed by atoms with Crippen molar-refractivity contribution in [1.29, 1.82) is 0 Å². The van der Waals surface area contributed by atoms with Crippen molar-refractivity contribution in [2.45, 2.75) is 423 Å². The summed E-state index contributed by atoms with van der Waals surface area (Å²) in [6, 6.07) is -0.829. The summed E-state index contributed by atoms with van der Waals surface area (Å²) in [5.74, 6) is -0.183. The molecule has 506 valence electrons. The fourth-order valence-corrected chi connectivity index (χ4v) is 12.2. The molecule has 0 aromatic heterocycles. The van der Waals surface area contributed by atoms with Gasteiger partial charge in [-0.15, -0.1) is 0 Å². The van der Waals surface area contributed by atoms with E-state index in [1.807, 2.05) is 6.08 Å². The zero-order valence-electron chi connectivity index (χ0n) is 56.8. The summed E-state index contributed by atoms with van der Waals surface area (Å²) in [5.41, 5.74) is 0. The van der Waals surface area contributed by atoms with Gasteiger partial charge in [0.15, 0.2) is 6.29 Å². The van der Waals surface area contributed by atoms with Crippen LogP contribution in [0.2, 0.25) is 0 Å². The zero-order chi connectivity index (χ0) is 62.1. The van der Waals surface area contributed by atoms with Crippen molar-refractivity contribution in [2.24, 2.45) is 0 Å². The van der Waals surface area contributed by atoms with Gasteiger partial charge < -0.3 is 40.3 Å². The molecule has 0 radical (unpaired) electrons. The third-order valence-corrected chi connectivity index (χ3v) is 18.1. The standard InChI is InChI=1S/C77H145NO8/c1-3-5-7-9-11-13-15-17-19-21-23-25-27-29-31-33-34-35-36-37-38-39-41-43-45-47-49-51-53-55-57-59-61-63-65-67-73(81)78-70(69-85-77-76(84)75(83)74(82)72(68-79)86-77)71(80)66-64-62-60-58-56-54-52-50-48-46-44-42-40-32-30-28-26-24-22-20-18-16-14-12-10-8-6-4-2/h21,23,48,50,56,58,64,66,70-72,74-77,79-80,82-84H,3-20,22,24-47,49,51-55,57,59-63,65,67-69H2,1-2H3,(H,78,81)/b23-21-,50-48+,58-56+,66-64+. The zero-order valence-corrected chi connectivity index (χ0v) is 56.8. The number of carbonyl (C=O) groups excluding carboxylic acids is 1. The maximum atomic E-state index is 13.1. The van der Waals surface area contributed by atoms with Crippen molar-refractivity contribution < 1.29 is 39.8 Å². The van der Waals surface area contributed by atoms with Gasteiger partial charge in [0.2, 0.25) is 5.91 Å². The molecule has 1 fully saturated rings. The summed E-state index contributed by atoms with van der Waals surface area (Å²) in [4.78, 5) is 13.1. The number of unbranched alkanes of at least 4 members (excludes halogenated alkanes) is 51. The second kappa shape index (κ2) is 66.1. The van der Waals surface area contributed by atoms with Crippen LogP contribution in [0.5, 0.6) is 0 Å². The van der Waals surface area contributed by atoms with Crippen LogP contribution in [0, 0.1) is 0 Å². The van der Waals surface area contributed by atoms with Crippen LogP contribution < -0.4 is 5.32 Å². The minimum absolute atomic E-state index is 0.183. The molecule has 1 aliphatic heterocycles. The Labute approximate surface area is 533 Å². The highest BCUT2D eigenvalue weighted by Gasteiger charge is 2.44. The molecule has 6 N–H and O–H groups in total. The molecule has 0 bridgehead atoms. The van der Waals surface area contributed by atoms with E-state index in [1.54, 1.807) is 6.08 Å². The van der Waals surface area contributed by atoms with Crippen LogP contribution in [0.1, 0.15) is 380 Å². The van der Waals surface area contributed by atoms with Gasteiger partial charge in [-0.05, 0) is 70.6 Å². The van der Waals surface area contributed by atoms with E-state index in [0.717, 1.165) is 44.9 Å². The summed E-state index contributed by atoms with van der Waals surface area (Å²) in [6.45, 7) is 3.81. The van der Waals surface area contributed by atoms with Crippen molar-refractivity contribution in [1.82, 2.24) is 5.32 Å². The smallest absolute Gasteiger partial charge is 0.220 e. The first-order valence-corrected chi connectivity index (χ1v) is 37.9. The second-order valence-corrected chi connectivity index (χ2v) is 26.4. The topological polar surface area (TPSA) is 149 Å². The monoisotopic (exact) mass is 1210 g/mol. The van der Waals surface area contributed by atoms with Gasteiger partial charge >= 0.3 is 0 Å². The molecular weight excluding hydrogens is 1070 g/mol. The van der Waals surface area contributed by atoms with E-state index < -0.39 is 49.5 Å². The highest BCUT2D eigenvalue weighted by atomic mass is 16.7. The molecule has 1 rings (SSSR count). The van der Waals surface area contributed by atoms with E-state index >= 15 is 0 Å². The Morgan fingerprint density at radius 3 is 0.977 bits per heavy atom. The van der Waals surface area contributed by atoms with Crippen molar-refractivity contribution >= 4 is 5.91 Å². The van der Waals surface area contributed by atoms with Gasteiger partial charge in [-0.2, -0.15) is 0 Å². The van der Waals surface area contributed by atoms with Crippen LogP contribution >= 0.6 is 0 Å². The molecule has 0 aromatic rings. The van der Waals surface area contributed by atoms with Gasteiger partial charge in [0.1, 0.15) is 24.4 Å². The molecule has 1 heterocycles. The summed E-state index contributed by atoms with van der Waals surface area (Å²) in [6.07, 6.45) is 83.9. The highest BCUT2D eigenvalue weighted by molar-refractivity contribution is 5.76. The van der Waals surface area contributed by atoms with E-state index in [9.17, 15) is 30.3 Å². The molecule has 1 saturated heterocycles. The predicted molar refractivity (Wildman–Crippen MR) is 369 cm³/mol. The Bertz CT molecular complexity index is 1500. The maximum Gasteiger partial charge on any atom is 0.220 e. The molecule has 0 aromatic carbocycles. The van der Waals surface area contributed by atoms with Crippen molar-refractivity contribution in [3.63, 3.8) is 0 Å². The number of hydrogen-bond acceptors (Lipinski definition) is 8. The van der Waals surface area contributed by atoms with Gasteiger partial charge in [-0.25, -0.2) is 0 Å². The number of carbonyl (C=O) groups is 1. The SMILES string of the molecule is CCCCCCCCCC/C=C\CCCCCCCCCCCCCCCCCCCCCCCCCC(=O)NC(COC1OC(CO)C(O)C(O)C1O)C(O)/C=C/CC/C=C/CC/C=C/CCCCCCCCCCCCCCCCCCCC. The number of amides is 1. The Morgan fingerprint density at radius 1 is 0.384 bits per heavy atom. The molecule has 86 heavy (non-hydrogen) atoms. The predicted octanol–water partition coefficient (Wildman–Crippen LogP) is 21.1. The van der Waals surface area contributed by atoms with Crippen LogP contribution in [0.4, 0.5) is 0 Å². The lowest BCUT2D eigenvalue weighted by molar-refractivity contribution is -0.302. The number of aliphatic hydroxyl groups excluding tert-OH is 5. The average molecular weight is 1210 g/mol. The van der Waals surface area contributed by atoms with Gasteiger partial charge in [-0.3, -0.25) is 4.79 Å². The number of rotatable bonds is 67. The number of nitrogens with one attached hydrogen (secondary N) is 1. The summed E-state index contributed by atoms with van der Waals surface area (Å²) < 4.78 is 11.3. The molecule has 0 saturated carbocycles. The lowest BCUT2D eigenvalue weighted by Gasteiger charge is -2.40. The van der Waals surface area contributed by atoms with Gasteiger partial charge in [0.25, 0.3) is 0 Å². The average Bonchev–Trinajstić information content (AvgIpc) is 3.65. The van der Waals surface area contributed by atoms with Crippen molar-refractivity contribution in [2.75, 3.05) is 13.2 Å². The Morgan fingerprint density at radius 2 is 0.663 bits per heavy atom. The maximum absolute atomic E-state index is 13.1. The van der Waals surface area contributed by atoms with Crippen LogP contribution in [-0.2, 0) is 14.3 Å². The molecule has 7 atom stereocenters. The van der Waals surface area contributed by atoms with E-state index in [2.05, 4.69) is 55.6 Å². The molecule has 1 aliphatic rings. The summed E-state index contributed by atoms with van der Waals surface area (Å²) >= 11 is 0. The number of allylic oxidation sites excluding steroid dienone is 7. The molecule has 7 unspecified atom stereocenters. The fraction of sp³-hybridized carbons (Fsp3) is 0.883. The lowest BCUT2D eigenvalue weighted by Crippen LogP contribution is -2.60. The van der Waals surface area contributed by atoms with E-state index in [-0.39, 0.29) is 12.5 Å². The first-order valence-electron chi connectivity index (χ1n) is 37.9. The lowest BCUT2D eigenvalue weighted by atomic mass is 9.99. The van der Waals surface area contributed by atoms with E-state index in [0.29, 0.717) is 6.42 Å². The molecule has 1 amide bonds. The van der Waals surface area contributed by atoms with Crippen molar-refractivity contribution in [3.8, 4) is 0 Å². The summed E-state index contributed by atoms with van der Waals surface area (Å²) in [7, 11) is 0. The first kappa shape index (κ1) is 82.2. The Kier molecular flexibility index (Phi) is 63.1. The van der Waals surface area contributed by atoms with Gasteiger partial charge in [0, 0.05) is 6.42 Å². The Hall–Kier alpha value is -1.85. The number of aliphatic hydroxyl groups is 5. The molecule has 0 spiro atoms. The molecule has 9 nitrogen and oxygen atoms in total. The number of hydrogen-bond donors (Lipinski definition) is 6. The van der Waals surface area contributed by atoms with Crippen molar-refractivity contribution in [3.05, 3.63) is 48.6 Å². The normalized spacial score (nSPS) is 18.2. The van der Waals surface area contributed by atoms with Gasteiger partial charge in [-0.1, -0.05) is 351 Å². The molecular formula is C77H145NO8. The van der Waals surface area contributed by atoms with Crippen LogP contribution in [0.3, 0.4) is 0 Å². The summed E-state index contributed by atoms with van der Waals surface area (Å²) in [5, 5.41) is 54.8. The quantitative estimate of drug-likeness (QED) is 0.0261. The minimum atomic E-state index is -1.58. The van der Waals surface area contributed by atoms with Crippen LogP contribution in [-0.4, -0.2) is 87.5 Å². The Balaban J connectivity index is 2.11. The van der Waals surface area contributed by atoms with Crippen LogP contribution in [0.25, 0.3) is 0 Å². The first-order chi connectivity index (χ1) is 42.3. The van der Waals surface area contributed by atoms with E-state index in [4.69, 9.17) is 9.47 Å². The third-order valence-electron chi connectivity index (χ3n) is 18.1. The largest absolute Gasteiger partial charge is 0.394 e. The molecule has 0 aliphatic carbocycles. The van der Waals surface area contributed by atoms with E-state index in [1.165, 1.54) is 315 Å².